The first kappa shape index (κ1) is 45.3. The molecule has 0 aliphatic heterocycles. The SMILES string of the molecule is CC(=O)N[C@@H](CC(C)C)C(=O)C[C@@H](CC(N)=O)C(=O)N[C@@H](CC(C)C)C(=O)NCC(=O)NCC(=O)NCCCNC(=O)c1ccc(-c2n[nH]c3ccccc23)cc1. The third kappa shape index (κ3) is 15.5. The molecular formula is C40H55N9O8. The second kappa shape index (κ2) is 22.4. The van der Waals surface area contributed by atoms with E-state index >= 15 is 0 Å². The Hall–Kier alpha value is -6.13. The molecule has 0 aliphatic carbocycles. The van der Waals surface area contributed by atoms with Crippen molar-refractivity contribution in [2.24, 2.45) is 23.5 Å². The maximum atomic E-state index is 13.3. The summed E-state index contributed by atoms with van der Waals surface area (Å²) in [6, 6.07) is 12.9. The Morgan fingerprint density at radius 3 is 1.96 bits per heavy atom. The highest BCUT2D eigenvalue weighted by molar-refractivity contribution is 5.97. The van der Waals surface area contributed by atoms with Crippen LogP contribution in [0.4, 0.5) is 0 Å². The monoisotopic (exact) mass is 789 g/mol. The summed E-state index contributed by atoms with van der Waals surface area (Å²) in [6.07, 6.45) is 0.0959. The van der Waals surface area contributed by atoms with Crippen molar-refractivity contribution in [1.29, 1.82) is 0 Å². The van der Waals surface area contributed by atoms with Crippen molar-refractivity contribution < 1.29 is 38.4 Å². The average molecular weight is 790 g/mol. The lowest BCUT2D eigenvalue weighted by Gasteiger charge is -2.24. The van der Waals surface area contributed by atoms with Crippen molar-refractivity contribution in [3.8, 4) is 11.3 Å². The minimum atomic E-state index is -1.19. The number of nitrogens with zero attached hydrogens (tertiary/aromatic N) is 1. The largest absolute Gasteiger partial charge is 0.370 e. The van der Waals surface area contributed by atoms with Gasteiger partial charge in [-0.15, -0.1) is 0 Å². The molecule has 0 radical (unpaired) electrons. The molecule has 3 rings (SSSR count). The molecule has 1 aromatic heterocycles. The predicted molar refractivity (Wildman–Crippen MR) is 213 cm³/mol. The first-order valence-corrected chi connectivity index (χ1v) is 19.0. The van der Waals surface area contributed by atoms with Gasteiger partial charge in [0.05, 0.1) is 36.3 Å². The van der Waals surface area contributed by atoms with Crippen LogP contribution in [0.1, 0.15) is 77.1 Å². The summed E-state index contributed by atoms with van der Waals surface area (Å²) < 4.78 is 0. The molecule has 0 unspecified atom stereocenters. The molecule has 308 valence electrons. The van der Waals surface area contributed by atoms with Gasteiger partial charge in [0.1, 0.15) is 6.04 Å². The van der Waals surface area contributed by atoms with Crippen LogP contribution >= 0.6 is 0 Å². The standard InChI is InChI=1S/C40H55N9O8/c1-23(2)17-31(46-25(5)50)33(51)19-28(20-34(41)52)39(56)47-32(18-24(3)4)40(57)45-22-36(54)44-21-35(53)42-15-8-16-43-38(55)27-13-11-26(12-14-27)37-29-9-6-7-10-30(29)48-49-37/h6-7,9-14,23-24,28,31-32H,8,15-22H2,1-5H3,(H2,41,52)(H,42,53)(H,43,55)(H,44,54)(H,45,57)(H,46,50)(H,47,56)(H,48,49)/t28-,31-,32-/m0/s1. The molecular weight excluding hydrogens is 734 g/mol. The van der Waals surface area contributed by atoms with Gasteiger partial charge in [-0.1, -0.05) is 58.0 Å². The normalized spacial score (nSPS) is 12.6. The minimum Gasteiger partial charge on any atom is -0.370 e. The zero-order valence-corrected chi connectivity index (χ0v) is 33.2. The molecule has 57 heavy (non-hydrogen) atoms. The topological polar surface area (TPSA) is 263 Å². The third-order valence-corrected chi connectivity index (χ3v) is 8.80. The predicted octanol–water partition coefficient (Wildman–Crippen LogP) is 1.23. The van der Waals surface area contributed by atoms with E-state index in [-0.39, 0.29) is 43.7 Å². The second-order valence-electron chi connectivity index (χ2n) is 14.8. The number of hydrogen-bond acceptors (Lipinski definition) is 9. The number of ketones is 1. The van der Waals surface area contributed by atoms with Crippen LogP contribution in [-0.4, -0.2) is 95.6 Å². The number of rotatable bonds is 23. The Morgan fingerprint density at radius 2 is 1.32 bits per heavy atom. The molecule has 0 saturated carbocycles. The van der Waals surface area contributed by atoms with Gasteiger partial charge in [-0.3, -0.25) is 43.5 Å². The molecule has 17 heteroatoms. The van der Waals surface area contributed by atoms with Gasteiger partial charge >= 0.3 is 0 Å². The summed E-state index contributed by atoms with van der Waals surface area (Å²) in [5, 5.41) is 23.9. The molecule has 0 bridgehead atoms. The highest BCUT2D eigenvalue weighted by Crippen LogP contribution is 2.26. The quantitative estimate of drug-likeness (QED) is 0.0642. The molecule has 2 aromatic carbocycles. The molecule has 9 N–H and O–H groups in total. The van der Waals surface area contributed by atoms with Crippen molar-refractivity contribution in [3.63, 3.8) is 0 Å². The van der Waals surface area contributed by atoms with Crippen LogP contribution in [0.15, 0.2) is 48.5 Å². The van der Waals surface area contributed by atoms with E-state index in [0.29, 0.717) is 24.9 Å². The van der Waals surface area contributed by atoms with Crippen molar-refractivity contribution in [2.45, 2.75) is 78.8 Å². The van der Waals surface area contributed by atoms with E-state index in [9.17, 15) is 38.4 Å². The Labute approximate surface area is 331 Å². The molecule has 7 amide bonds. The number of primary amides is 1. The fraction of sp³-hybridized carbons (Fsp3) is 0.475. The number of para-hydroxylation sites is 1. The molecule has 0 spiro atoms. The van der Waals surface area contributed by atoms with Crippen molar-refractivity contribution >= 4 is 58.0 Å². The minimum absolute atomic E-state index is 0.0537. The van der Waals surface area contributed by atoms with Crippen molar-refractivity contribution in [1.82, 2.24) is 42.1 Å². The number of nitrogens with two attached hydrogens (primary N) is 1. The zero-order chi connectivity index (χ0) is 42.1. The fourth-order valence-corrected chi connectivity index (χ4v) is 6.04. The van der Waals surface area contributed by atoms with Crippen LogP contribution in [0.2, 0.25) is 0 Å². The van der Waals surface area contributed by atoms with Crippen molar-refractivity contribution in [2.75, 3.05) is 26.2 Å². The summed E-state index contributed by atoms with van der Waals surface area (Å²) in [6.45, 7) is 8.36. The number of aromatic amines is 1. The third-order valence-electron chi connectivity index (χ3n) is 8.80. The van der Waals surface area contributed by atoms with E-state index in [1.54, 1.807) is 12.1 Å². The van der Waals surface area contributed by atoms with Gasteiger partial charge in [0.2, 0.25) is 35.4 Å². The lowest BCUT2D eigenvalue weighted by molar-refractivity contribution is -0.136. The van der Waals surface area contributed by atoms with E-state index in [0.717, 1.165) is 22.2 Å². The van der Waals surface area contributed by atoms with Gasteiger partial charge in [-0.05, 0) is 49.3 Å². The van der Waals surface area contributed by atoms with Gasteiger partial charge in [0, 0.05) is 49.4 Å². The molecule has 1 heterocycles. The molecule has 0 aliphatic rings. The lowest BCUT2D eigenvalue weighted by atomic mass is 9.90. The maximum absolute atomic E-state index is 13.3. The first-order chi connectivity index (χ1) is 27.0. The number of amides is 7. The Bertz CT molecular complexity index is 1890. The van der Waals surface area contributed by atoms with Crippen LogP contribution in [-0.2, 0) is 33.6 Å². The number of benzene rings is 2. The number of H-pyrrole nitrogens is 1. The van der Waals surface area contributed by atoms with Crippen LogP contribution < -0.4 is 37.6 Å². The van der Waals surface area contributed by atoms with E-state index in [4.69, 9.17) is 5.73 Å². The second-order valence-corrected chi connectivity index (χ2v) is 14.8. The number of aromatic nitrogens is 2. The van der Waals surface area contributed by atoms with Gasteiger partial charge in [0.25, 0.3) is 5.91 Å². The Morgan fingerprint density at radius 1 is 0.702 bits per heavy atom. The average Bonchev–Trinajstić information content (AvgIpc) is 3.58. The van der Waals surface area contributed by atoms with E-state index in [2.05, 4.69) is 42.1 Å². The zero-order valence-electron chi connectivity index (χ0n) is 33.2. The molecule has 0 saturated heterocycles. The fourth-order valence-electron chi connectivity index (χ4n) is 6.04. The molecule has 0 fully saturated rings. The highest BCUT2D eigenvalue weighted by atomic mass is 16.2. The van der Waals surface area contributed by atoms with Crippen LogP contribution in [0.25, 0.3) is 22.2 Å². The van der Waals surface area contributed by atoms with Gasteiger partial charge in [-0.2, -0.15) is 5.10 Å². The summed E-state index contributed by atoms with van der Waals surface area (Å²) in [4.78, 5) is 100. The van der Waals surface area contributed by atoms with Gasteiger partial charge in [-0.25, -0.2) is 0 Å². The summed E-state index contributed by atoms with van der Waals surface area (Å²) in [5.41, 5.74) is 8.44. The first-order valence-electron chi connectivity index (χ1n) is 19.0. The number of Topliss-reactive ketones (excluding diaryl/α,β-unsaturated/α-hetero) is 1. The lowest BCUT2D eigenvalue weighted by Crippen LogP contribution is -2.52. The van der Waals surface area contributed by atoms with Gasteiger partial charge < -0.3 is 37.6 Å². The summed E-state index contributed by atoms with van der Waals surface area (Å²) in [5.74, 6) is -5.71. The summed E-state index contributed by atoms with van der Waals surface area (Å²) in [7, 11) is 0. The number of carbonyl (C=O) groups is 8. The van der Waals surface area contributed by atoms with E-state index in [1.807, 2.05) is 64.1 Å². The van der Waals surface area contributed by atoms with Crippen LogP contribution in [0.5, 0.6) is 0 Å². The number of fused-ring (bicyclic) bond motifs is 1. The van der Waals surface area contributed by atoms with E-state index < -0.39 is 72.2 Å². The number of carbonyl (C=O) groups excluding carboxylic acids is 8. The Balaban J connectivity index is 1.40. The maximum Gasteiger partial charge on any atom is 0.251 e. The summed E-state index contributed by atoms with van der Waals surface area (Å²) >= 11 is 0. The Kier molecular flexibility index (Phi) is 17.8. The number of nitrogens with one attached hydrogen (secondary N) is 7. The molecule has 3 aromatic rings. The number of hydrogen-bond donors (Lipinski definition) is 8. The molecule has 17 nitrogen and oxygen atoms in total. The van der Waals surface area contributed by atoms with Crippen LogP contribution in [0, 0.1) is 17.8 Å². The highest BCUT2D eigenvalue weighted by Gasteiger charge is 2.32. The van der Waals surface area contributed by atoms with Crippen molar-refractivity contribution in [3.05, 3.63) is 54.1 Å². The van der Waals surface area contributed by atoms with Crippen LogP contribution in [0.3, 0.4) is 0 Å². The molecule has 3 atom stereocenters. The van der Waals surface area contributed by atoms with E-state index in [1.165, 1.54) is 6.92 Å². The smallest absolute Gasteiger partial charge is 0.251 e. The van der Waals surface area contributed by atoms with Gasteiger partial charge in [0.15, 0.2) is 5.78 Å².